The molecule has 4 aliphatic rings. The van der Waals surface area contributed by atoms with Gasteiger partial charge in [0, 0.05) is 17.7 Å². The number of hydrogen-bond acceptors (Lipinski definition) is 11. The van der Waals surface area contributed by atoms with Gasteiger partial charge in [0.05, 0.1) is 42.2 Å². The fraction of sp³-hybridized carbons (Fsp3) is 0.605. The molecule has 1 aromatic heterocycles. The van der Waals surface area contributed by atoms with Crippen LogP contribution in [0.4, 0.5) is 22.4 Å². The molecule has 20 heteroatoms. The molecular weight excluding hydrogens is 795 g/mol. The van der Waals surface area contributed by atoms with Crippen LogP contribution in [0.1, 0.15) is 73.1 Å². The van der Waals surface area contributed by atoms with Crippen LogP contribution in [0.5, 0.6) is 11.6 Å². The van der Waals surface area contributed by atoms with Gasteiger partial charge >= 0.3 is 12.3 Å². The van der Waals surface area contributed by atoms with Crippen LogP contribution in [0.3, 0.4) is 0 Å². The van der Waals surface area contributed by atoms with Crippen molar-refractivity contribution in [2.45, 2.75) is 126 Å². The highest BCUT2D eigenvalue weighted by Crippen LogP contribution is 2.47. The first-order valence-electron chi connectivity index (χ1n) is 18.9. The van der Waals surface area contributed by atoms with E-state index in [1.165, 1.54) is 45.4 Å². The third-order valence-corrected chi connectivity index (χ3v) is 13.5. The van der Waals surface area contributed by atoms with Gasteiger partial charge in [-0.15, -0.1) is 0 Å². The zero-order valence-corrected chi connectivity index (χ0v) is 33.6. The molecule has 3 fully saturated rings. The number of amides is 4. The summed E-state index contributed by atoms with van der Waals surface area (Å²) < 4.78 is 105. The number of aromatic nitrogens is 1. The second-order valence-corrected chi connectivity index (χ2v) is 18.3. The van der Waals surface area contributed by atoms with Gasteiger partial charge in [-0.05, 0) is 84.9 Å². The first-order chi connectivity index (χ1) is 27.0. The zero-order valence-electron chi connectivity index (χ0n) is 32.8. The molecule has 2 aliphatic carbocycles. The molecule has 0 bridgehead atoms. The number of allylic oxidation sites excluding steroid dienone is 1. The minimum absolute atomic E-state index is 0.0370. The average molecular weight is 842 g/mol. The maximum atomic E-state index is 14.6. The van der Waals surface area contributed by atoms with Crippen LogP contribution in [0.15, 0.2) is 36.5 Å². The smallest absolute Gasteiger partial charge is 0.427 e. The number of alkyl halides is 3. The van der Waals surface area contributed by atoms with Crippen LogP contribution in [0, 0.1) is 11.7 Å². The highest BCUT2D eigenvalue weighted by molar-refractivity contribution is 7.91. The van der Waals surface area contributed by atoms with Crippen molar-refractivity contribution in [3.63, 3.8) is 0 Å². The Bertz CT molecular complexity index is 2110. The highest BCUT2D eigenvalue weighted by Gasteiger charge is 2.63. The first-order valence-corrected chi connectivity index (χ1v) is 20.4. The summed E-state index contributed by atoms with van der Waals surface area (Å²) in [5.41, 5.74) is -4.67. The predicted octanol–water partition coefficient (Wildman–Crippen LogP) is 4.18. The van der Waals surface area contributed by atoms with E-state index in [0.29, 0.717) is 50.7 Å². The lowest BCUT2D eigenvalue weighted by Gasteiger charge is -2.34. The number of methoxy groups -OCH3 is 1. The second-order valence-electron chi connectivity index (χ2n) is 16.1. The standard InChI is InChI=1S/C38H47F4N5O10S/c1-20-9-7-8-10-22-17-37(22,33(50)46-58(52,53)36(5)13-14-36)45-30(48)27-16-24(56-31-26-15-23(39)11-12-25(26)28(54-6)18-43-31)19-47(27)32(49)29(21(2)55-20)44-34(51)57-35(3,4)38(40,41)42/h8,10-12,15,18,20-22,24,27,29H,7,9,13-14,16-17,19H2,1-6H3,(H,44,51)(H,45,48)(H,46,50)/b10-8-/t20-,21-,22+,24+,27-,29-,37+/m0/s1. The first kappa shape index (κ1) is 42.9. The molecule has 2 aliphatic heterocycles. The van der Waals surface area contributed by atoms with Gasteiger partial charge in [0.15, 0.2) is 0 Å². The van der Waals surface area contributed by atoms with Crippen LogP contribution in [-0.2, 0) is 33.9 Å². The molecule has 1 saturated heterocycles. The summed E-state index contributed by atoms with van der Waals surface area (Å²) in [4.78, 5) is 61.3. The molecule has 3 N–H and O–H groups in total. The summed E-state index contributed by atoms with van der Waals surface area (Å²) in [7, 11) is -2.72. The lowest BCUT2D eigenvalue weighted by molar-refractivity contribution is -0.244. The molecule has 7 atom stereocenters. The molecular formula is C38H47F4N5O10S. The largest absolute Gasteiger partial charge is 0.494 e. The Kier molecular flexibility index (Phi) is 11.4. The zero-order chi connectivity index (χ0) is 42.6. The van der Waals surface area contributed by atoms with E-state index in [1.807, 2.05) is 0 Å². The second kappa shape index (κ2) is 15.5. The van der Waals surface area contributed by atoms with E-state index in [4.69, 9.17) is 18.9 Å². The fourth-order valence-electron chi connectivity index (χ4n) is 7.13. The Hall–Kier alpha value is -4.72. The SMILES string of the molecule is COc1cnc(O[C@@H]2C[C@H]3C(=O)N[C@]4(C(=O)NS(=O)(=O)C5(C)CC5)C[C@H]4/C=C\CC[C@H](C)O[C@@H](C)[C@H](NC(=O)OC(C)(C)C(F)(F)F)C(=O)N3C2)c2cc(F)ccc12. The molecule has 0 radical (unpaired) electrons. The van der Waals surface area contributed by atoms with Crippen molar-refractivity contribution in [1.82, 2.24) is 25.2 Å². The van der Waals surface area contributed by atoms with Gasteiger partial charge in [0.25, 0.3) is 5.91 Å². The number of rotatable bonds is 8. The molecule has 1 aromatic carbocycles. The Balaban J connectivity index is 1.36. The Morgan fingerprint density at radius 2 is 1.83 bits per heavy atom. The molecule has 15 nitrogen and oxygen atoms in total. The van der Waals surface area contributed by atoms with Crippen molar-refractivity contribution in [3.05, 3.63) is 42.4 Å². The maximum absolute atomic E-state index is 14.6. The number of sulfonamides is 1. The molecule has 0 unspecified atom stereocenters. The number of nitrogens with one attached hydrogen (secondary N) is 3. The number of ether oxygens (including phenoxy) is 4. The van der Waals surface area contributed by atoms with Crippen molar-refractivity contribution in [2.24, 2.45) is 5.92 Å². The Labute approximate surface area is 332 Å². The predicted molar refractivity (Wildman–Crippen MR) is 198 cm³/mol. The van der Waals surface area contributed by atoms with Gasteiger partial charge in [-0.3, -0.25) is 19.1 Å². The molecule has 58 heavy (non-hydrogen) atoms. The number of benzene rings is 1. The van der Waals surface area contributed by atoms with E-state index < -0.39 is 98.0 Å². The van der Waals surface area contributed by atoms with Gasteiger partial charge in [-0.2, -0.15) is 13.2 Å². The highest BCUT2D eigenvalue weighted by atomic mass is 32.2. The van der Waals surface area contributed by atoms with Gasteiger partial charge in [0.2, 0.25) is 33.3 Å². The van der Waals surface area contributed by atoms with E-state index in [1.54, 1.807) is 19.1 Å². The number of hydrogen-bond donors (Lipinski definition) is 3. The van der Waals surface area contributed by atoms with E-state index in [0.717, 1.165) is 4.90 Å². The lowest BCUT2D eigenvalue weighted by atomic mass is 10.1. The third-order valence-electron chi connectivity index (χ3n) is 11.3. The number of pyridine rings is 1. The third kappa shape index (κ3) is 8.53. The van der Waals surface area contributed by atoms with E-state index >= 15 is 0 Å². The molecule has 318 valence electrons. The molecule has 0 spiro atoms. The number of nitrogens with zero attached hydrogens (tertiary/aromatic N) is 2. The quantitative estimate of drug-likeness (QED) is 0.255. The lowest BCUT2D eigenvalue weighted by Crippen LogP contribution is -2.60. The van der Waals surface area contributed by atoms with Crippen LogP contribution < -0.4 is 24.8 Å². The Morgan fingerprint density at radius 1 is 1.12 bits per heavy atom. The molecule has 4 amide bonds. The van der Waals surface area contributed by atoms with Crippen LogP contribution in [0.2, 0.25) is 0 Å². The summed E-state index contributed by atoms with van der Waals surface area (Å²) >= 11 is 0. The van der Waals surface area contributed by atoms with E-state index in [9.17, 15) is 45.2 Å². The van der Waals surface area contributed by atoms with Crippen LogP contribution in [-0.4, -0.2) is 108 Å². The van der Waals surface area contributed by atoms with Gasteiger partial charge < -0.3 is 34.5 Å². The summed E-state index contributed by atoms with van der Waals surface area (Å²) in [6.07, 6.45) is -3.30. The van der Waals surface area contributed by atoms with Gasteiger partial charge in [-0.25, -0.2) is 22.6 Å². The summed E-state index contributed by atoms with van der Waals surface area (Å²) in [5, 5.41) is 5.59. The molecule has 2 saturated carbocycles. The molecule has 2 aromatic rings. The molecule has 3 heterocycles. The monoisotopic (exact) mass is 841 g/mol. The number of carbonyl (C=O) groups excluding carboxylic acids is 4. The van der Waals surface area contributed by atoms with Crippen molar-refractivity contribution in [2.75, 3.05) is 13.7 Å². The summed E-state index contributed by atoms with van der Waals surface area (Å²) in [6, 6.07) is 0.677. The number of alkyl carbamates (subject to hydrolysis) is 1. The van der Waals surface area contributed by atoms with Crippen molar-refractivity contribution < 1.29 is 64.1 Å². The molecule has 6 rings (SSSR count). The number of fused-ring (bicyclic) bond motifs is 3. The normalized spacial score (nSPS) is 29.4. The Morgan fingerprint density at radius 3 is 2.48 bits per heavy atom. The fourth-order valence-corrected chi connectivity index (χ4v) is 8.44. The minimum Gasteiger partial charge on any atom is -0.494 e. The van der Waals surface area contributed by atoms with Gasteiger partial charge in [-0.1, -0.05) is 12.2 Å². The van der Waals surface area contributed by atoms with Gasteiger partial charge in [0.1, 0.15) is 35.3 Å². The average Bonchev–Trinajstić information content (AvgIpc) is 4.01. The van der Waals surface area contributed by atoms with E-state index in [-0.39, 0.29) is 30.7 Å². The van der Waals surface area contributed by atoms with Crippen LogP contribution in [0.25, 0.3) is 10.8 Å². The number of halogens is 4. The van der Waals surface area contributed by atoms with Crippen molar-refractivity contribution >= 4 is 44.6 Å². The number of carbonyl (C=O) groups is 4. The van der Waals surface area contributed by atoms with E-state index in [2.05, 4.69) is 20.3 Å². The maximum Gasteiger partial charge on any atom is 0.427 e. The van der Waals surface area contributed by atoms with Crippen molar-refractivity contribution in [1.29, 1.82) is 0 Å². The summed E-state index contributed by atoms with van der Waals surface area (Å²) in [6.45, 7) is 5.54. The van der Waals surface area contributed by atoms with Crippen molar-refractivity contribution in [3.8, 4) is 11.6 Å². The minimum atomic E-state index is -4.97. The van der Waals surface area contributed by atoms with Crippen LogP contribution >= 0.6 is 0 Å². The summed E-state index contributed by atoms with van der Waals surface area (Å²) in [5.74, 6) is -3.80. The topological polar surface area (TPSA) is 192 Å².